The minimum Gasteiger partial charge on any atom is -0.409 e. The van der Waals surface area contributed by atoms with Gasteiger partial charge in [0, 0.05) is 17.9 Å². The highest BCUT2D eigenvalue weighted by atomic mass is 35.5. The van der Waals surface area contributed by atoms with E-state index in [0.29, 0.717) is 11.4 Å². The highest BCUT2D eigenvalue weighted by Crippen LogP contribution is 2.23. The van der Waals surface area contributed by atoms with Gasteiger partial charge >= 0.3 is 0 Å². The van der Waals surface area contributed by atoms with E-state index in [9.17, 15) is 0 Å². The molecule has 1 aromatic heterocycles. The van der Waals surface area contributed by atoms with Gasteiger partial charge in [-0.15, -0.1) is 11.8 Å². The number of hydrogen-bond acceptors (Lipinski definition) is 4. The van der Waals surface area contributed by atoms with Crippen LogP contribution in [0.2, 0.25) is 5.02 Å². The Morgan fingerprint density at radius 3 is 3.00 bits per heavy atom. The Kier molecular flexibility index (Phi) is 4.71. The van der Waals surface area contributed by atoms with Gasteiger partial charge in [-0.25, -0.2) is 4.98 Å². The van der Waals surface area contributed by atoms with Gasteiger partial charge in [-0.1, -0.05) is 23.7 Å². The fraction of sp³-hybridized carbons (Fsp3) is 0.333. The van der Waals surface area contributed by atoms with E-state index in [2.05, 4.69) is 10.1 Å². The second kappa shape index (κ2) is 5.82. The fourth-order valence-electron chi connectivity index (χ4n) is 1.02. The van der Waals surface area contributed by atoms with Gasteiger partial charge in [-0.3, -0.25) is 0 Å². The average molecular weight is 246 g/mol. The van der Waals surface area contributed by atoms with Crippen LogP contribution >= 0.6 is 23.4 Å². The highest BCUT2D eigenvalue weighted by Gasteiger charge is 2.07. The predicted octanol–water partition coefficient (Wildman–Crippen LogP) is 2.35. The molecule has 0 radical (unpaired) electrons. The summed E-state index contributed by atoms with van der Waals surface area (Å²) in [4.78, 5) is 4.14. The first-order valence-electron chi connectivity index (χ1n) is 4.36. The van der Waals surface area contributed by atoms with Crippen LogP contribution in [0, 0.1) is 0 Å². The van der Waals surface area contributed by atoms with Crippen molar-refractivity contribution in [2.45, 2.75) is 23.6 Å². The highest BCUT2D eigenvalue weighted by molar-refractivity contribution is 7.99. The zero-order chi connectivity index (χ0) is 11.3. The molecule has 4 nitrogen and oxygen atoms in total. The molecule has 1 rings (SSSR count). The van der Waals surface area contributed by atoms with Crippen molar-refractivity contribution in [3.05, 3.63) is 23.4 Å². The van der Waals surface area contributed by atoms with Gasteiger partial charge in [0.15, 0.2) is 0 Å². The van der Waals surface area contributed by atoms with Crippen molar-refractivity contribution >= 4 is 29.2 Å². The number of amidine groups is 1. The number of aromatic nitrogens is 1. The van der Waals surface area contributed by atoms with Gasteiger partial charge in [0.1, 0.15) is 5.84 Å². The van der Waals surface area contributed by atoms with Crippen molar-refractivity contribution < 1.29 is 5.21 Å². The molecular formula is C9H12ClN3OS. The Bertz CT molecular complexity index is 342. The van der Waals surface area contributed by atoms with E-state index >= 15 is 0 Å². The molecule has 1 unspecified atom stereocenters. The van der Waals surface area contributed by atoms with Crippen molar-refractivity contribution in [3.63, 3.8) is 0 Å². The lowest BCUT2D eigenvalue weighted by atomic mass is 10.3. The summed E-state index contributed by atoms with van der Waals surface area (Å²) in [6, 6.07) is 3.63. The summed E-state index contributed by atoms with van der Waals surface area (Å²) in [6.45, 7) is 1.99. The van der Waals surface area contributed by atoms with Crippen LogP contribution in [-0.2, 0) is 0 Å². The largest absolute Gasteiger partial charge is 0.409 e. The first kappa shape index (κ1) is 12.1. The standard InChI is InChI=1S/C9H12ClN3OS/c1-6(4-8(11)13-14)15-9-3-2-7(10)5-12-9/h2-3,5-6,14H,4H2,1H3,(H2,11,13). The second-order valence-electron chi connectivity index (χ2n) is 3.04. The molecule has 1 heterocycles. The molecule has 15 heavy (non-hydrogen) atoms. The number of pyridine rings is 1. The summed E-state index contributed by atoms with van der Waals surface area (Å²) >= 11 is 7.27. The topological polar surface area (TPSA) is 71.5 Å². The number of rotatable bonds is 4. The van der Waals surface area contributed by atoms with Crippen LogP contribution in [0.1, 0.15) is 13.3 Å². The molecule has 0 spiro atoms. The maximum atomic E-state index is 8.41. The number of nitrogens with zero attached hydrogens (tertiary/aromatic N) is 2. The van der Waals surface area contributed by atoms with Crippen LogP contribution in [0.4, 0.5) is 0 Å². The van der Waals surface area contributed by atoms with Gasteiger partial charge in [-0.05, 0) is 12.1 Å². The third-order valence-corrected chi connectivity index (χ3v) is 2.92. The van der Waals surface area contributed by atoms with E-state index in [-0.39, 0.29) is 11.1 Å². The monoisotopic (exact) mass is 245 g/mol. The Balaban J connectivity index is 2.51. The van der Waals surface area contributed by atoms with Crippen molar-refractivity contribution in [1.29, 1.82) is 0 Å². The molecule has 0 saturated heterocycles. The molecule has 0 aromatic carbocycles. The molecule has 0 amide bonds. The Hall–Kier alpha value is -0.940. The third kappa shape index (κ3) is 4.40. The summed E-state index contributed by atoms with van der Waals surface area (Å²) in [5, 5.41) is 13.0. The van der Waals surface area contributed by atoms with Crippen LogP contribution in [0.5, 0.6) is 0 Å². The Morgan fingerprint density at radius 2 is 2.47 bits per heavy atom. The van der Waals surface area contributed by atoms with Gasteiger partial charge in [0.05, 0.1) is 10.0 Å². The summed E-state index contributed by atoms with van der Waals surface area (Å²) < 4.78 is 0. The third-order valence-electron chi connectivity index (χ3n) is 1.65. The summed E-state index contributed by atoms with van der Waals surface area (Å²) in [5.41, 5.74) is 5.40. The lowest BCUT2D eigenvalue weighted by Gasteiger charge is -2.08. The summed E-state index contributed by atoms with van der Waals surface area (Å²) in [6.07, 6.45) is 2.12. The lowest BCUT2D eigenvalue weighted by Crippen LogP contribution is -2.16. The molecule has 82 valence electrons. The summed E-state index contributed by atoms with van der Waals surface area (Å²) in [7, 11) is 0. The minimum absolute atomic E-state index is 0.203. The quantitative estimate of drug-likeness (QED) is 0.281. The fourth-order valence-corrected chi connectivity index (χ4v) is 2.05. The molecule has 1 atom stereocenters. The molecular weight excluding hydrogens is 234 g/mol. The molecule has 0 aliphatic carbocycles. The van der Waals surface area contributed by atoms with Crippen molar-refractivity contribution in [3.8, 4) is 0 Å². The predicted molar refractivity (Wildman–Crippen MR) is 62.6 cm³/mol. The molecule has 1 aromatic rings. The van der Waals surface area contributed by atoms with Crippen LogP contribution in [0.15, 0.2) is 28.5 Å². The zero-order valence-corrected chi connectivity index (χ0v) is 9.79. The molecule has 6 heteroatoms. The summed E-state index contributed by atoms with van der Waals surface area (Å²) in [5.74, 6) is 0.226. The normalized spacial score (nSPS) is 13.9. The lowest BCUT2D eigenvalue weighted by molar-refractivity contribution is 0.317. The number of oxime groups is 1. The van der Waals surface area contributed by atoms with E-state index < -0.39 is 0 Å². The van der Waals surface area contributed by atoms with E-state index in [0.717, 1.165) is 5.03 Å². The van der Waals surface area contributed by atoms with Crippen LogP contribution in [0.3, 0.4) is 0 Å². The van der Waals surface area contributed by atoms with Gasteiger partial charge < -0.3 is 10.9 Å². The maximum absolute atomic E-state index is 8.41. The van der Waals surface area contributed by atoms with E-state index in [1.807, 2.05) is 13.0 Å². The Morgan fingerprint density at radius 1 is 1.73 bits per heavy atom. The van der Waals surface area contributed by atoms with E-state index in [1.54, 1.807) is 24.0 Å². The minimum atomic E-state index is 0.203. The number of halogens is 1. The number of thioether (sulfide) groups is 1. The molecule has 0 bridgehead atoms. The van der Waals surface area contributed by atoms with Gasteiger partial charge in [-0.2, -0.15) is 0 Å². The SMILES string of the molecule is CC(CC(N)=NO)Sc1ccc(Cl)cn1. The molecule has 0 aliphatic rings. The first-order valence-corrected chi connectivity index (χ1v) is 5.62. The smallest absolute Gasteiger partial charge is 0.140 e. The molecule has 0 saturated carbocycles. The van der Waals surface area contributed by atoms with Crippen molar-refractivity contribution in [2.24, 2.45) is 10.9 Å². The van der Waals surface area contributed by atoms with Crippen molar-refractivity contribution in [2.75, 3.05) is 0 Å². The van der Waals surface area contributed by atoms with Crippen LogP contribution < -0.4 is 5.73 Å². The molecule has 3 N–H and O–H groups in total. The maximum Gasteiger partial charge on any atom is 0.140 e. The van der Waals surface area contributed by atoms with Crippen LogP contribution in [0.25, 0.3) is 0 Å². The van der Waals surface area contributed by atoms with Crippen molar-refractivity contribution in [1.82, 2.24) is 4.98 Å². The van der Waals surface area contributed by atoms with Gasteiger partial charge in [0.25, 0.3) is 0 Å². The second-order valence-corrected chi connectivity index (χ2v) is 4.93. The number of hydrogen-bond donors (Lipinski definition) is 2. The number of nitrogens with two attached hydrogens (primary N) is 1. The zero-order valence-electron chi connectivity index (χ0n) is 8.22. The molecule has 0 fully saturated rings. The van der Waals surface area contributed by atoms with E-state index in [1.165, 1.54) is 0 Å². The van der Waals surface area contributed by atoms with E-state index in [4.69, 9.17) is 22.5 Å². The van der Waals surface area contributed by atoms with Gasteiger partial charge in [0.2, 0.25) is 0 Å². The first-order chi connectivity index (χ1) is 7.11. The Labute approximate surface area is 97.5 Å². The average Bonchev–Trinajstić information content (AvgIpc) is 2.21. The molecule has 0 aliphatic heterocycles. The van der Waals surface area contributed by atoms with Crippen LogP contribution in [-0.4, -0.2) is 21.3 Å².